The number of ether oxygens (including phenoxy) is 1. The number of carbonyl (C=O) groups is 1. The number of rotatable bonds is 6. The molecule has 3 aromatic rings. The highest BCUT2D eigenvalue weighted by Gasteiger charge is 2.11. The number of hydrogen-bond donors (Lipinski definition) is 1. The van der Waals surface area contributed by atoms with E-state index in [-0.39, 0.29) is 5.91 Å². The third-order valence-corrected chi connectivity index (χ3v) is 3.51. The third-order valence-electron chi connectivity index (χ3n) is 3.51. The van der Waals surface area contributed by atoms with E-state index in [0.717, 1.165) is 12.2 Å². The fourth-order valence-electron chi connectivity index (χ4n) is 2.34. The lowest BCUT2D eigenvalue weighted by Crippen LogP contribution is -2.27. The van der Waals surface area contributed by atoms with E-state index in [2.05, 4.69) is 10.4 Å². The Bertz CT molecular complexity index is 764. The predicted octanol–water partition coefficient (Wildman–Crippen LogP) is 2.11. The first kappa shape index (κ1) is 14.9. The van der Waals surface area contributed by atoms with Gasteiger partial charge in [0.15, 0.2) is 0 Å². The van der Waals surface area contributed by atoms with Crippen LogP contribution in [0.1, 0.15) is 10.4 Å². The quantitative estimate of drug-likeness (QED) is 0.758. The summed E-state index contributed by atoms with van der Waals surface area (Å²) in [5.74, 6) is 0.547. The van der Waals surface area contributed by atoms with Crippen LogP contribution in [0.25, 0.3) is 5.69 Å². The highest BCUT2D eigenvalue weighted by molar-refractivity contribution is 5.95. The van der Waals surface area contributed by atoms with E-state index in [4.69, 9.17) is 4.74 Å². The maximum atomic E-state index is 12.3. The molecule has 118 valence electrons. The molecule has 0 unspecified atom stereocenters. The summed E-state index contributed by atoms with van der Waals surface area (Å²) in [6.07, 6.45) is 7.43. The molecule has 6 nitrogen and oxygen atoms in total. The van der Waals surface area contributed by atoms with Crippen LogP contribution in [0.3, 0.4) is 0 Å². The summed E-state index contributed by atoms with van der Waals surface area (Å²) in [5, 5.41) is 7.11. The SMILES string of the molecule is COc1ccc(C(=O)NCCn2cccc2)cc1-n1cccn1. The highest BCUT2D eigenvalue weighted by Crippen LogP contribution is 2.23. The van der Waals surface area contributed by atoms with Crippen molar-refractivity contribution in [3.05, 3.63) is 66.7 Å². The van der Waals surface area contributed by atoms with Crippen molar-refractivity contribution < 1.29 is 9.53 Å². The summed E-state index contributed by atoms with van der Waals surface area (Å²) in [6, 6.07) is 11.0. The summed E-state index contributed by atoms with van der Waals surface area (Å²) in [7, 11) is 1.60. The molecule has 0 atom stereocenters. The minimum atomic E-state index is -0.117. The van der Waals surface area contributed by atoms with Gasteiger partial charge < -0.3 is 14.6 Å². The van der Waals surface area contributed by atoms with Crippen LogP contribution in [-0.4, -0.2) is 33.9 Å². The molecule has 0 fully saturated rings. The number of benzene rings is 1. The first-order chi connectivity index (χ1) is 11.3. The zero-order chi connectivity index (χ0) is 16.1. The Labute approximate surface area is 134 Å². The van der Waals surface area contributed by atoms with Gasteiger partial charge in [-0.15, -0.1) is 0 Å². The van der Waals surface area contributed by atoms with Crippen LogP contribution in [0.4, 0.5) is 0 Å². The molecular weight excluding hydrogens is 292 g/mol. The molecule has 1 amide bonds. The first-order valence-electron chi connectivity index (χ1n) is 7.35. The molecule has 0 aliphatic heterocycles. The fourth-order valence-corrected chi connectivity index (χ4v) is 2.34. The summed E-state index contributed by atoms with van der Waals surface area (Å²) < 4.78 is 9.03. The monoisotopic (exact) mass is 310 g/mol. The van der Waals surface area contributed by atoms with Gasteiger partial charge >= 0.3 is 0 Å². The third kappa shape index (κ3) is 3.42. The summed E-state index contributed by atoms with van der Waals surface area (Å²) in [5.41, 5.74) is 1.30. The Morgan fingerprint density at radius 2 is 2.04 bits per heavy atom. The van der Waals surface area contributed by atoms with Crippen LogP contribution in [0.5, 0.6) is 5.75 Å². The van der Waals surface area contributed by atoms with Crippen molar-refractivity contribution in [1.82, 2.24) is 19.7 Å². The van der Waals surface area contributed by atoms with Crippen molar-refractivity contribution in [3.63, 3.8) is 0 Å². The van der Waals surface area contributed by atoms with Crippen molar-refractivity contribution in [3.8, 4) is 11.4 Å². The molecule has 0 saturated heterocycles. The minimum absolute atomic E-state index is 0.117. The number of aromatic nitrogens is 3. The van der Waals surface area contributed by atoms with Gasteiger partial charge in [0.1, 0.15) is 11.4 Å². The van der Waals surface area contributed by atoms with Gasteiger partial charge in [0.05, 0.1) is 7.11 Å². The minimum Gasteiger partial charge on any atom is -0.494 e. The van der Waals surface area contributed by atoms with Gasteiger partial charge in [0.2, 0.25) is 0 Å². The van der Waals surface area contributed by atoms with Crippen molar-refractivity contribution in [2.24, 2.45) is 0 Å². The van der Waals surface area contributed by atoms with Gasteiger partial charge in [-0.05, 0) is 36.4 Å². The first-order valence-corrected chi connectivity index (χ1v) is 7.35. The fraction of sp³-hybridized carbons (Fsp3) is 0.176. The van der Waals surface area contributed by atoms with Crippen LogP contribution in [0.2, 0.25) is 0 Å². The van der Waals surface area contributed by atoms with Gasteiger partial charge in [-0.3, -0.25) is 4.79 Å². The lowest BCUT2D eigenvalue weighted by molar-refractivity contribution is 0.0952. The van der Waals surface area contributed by atoms with Crippen LogP contribution in [-0.2, 0) is 6.54 Å². The largest absolute Gasteiger partial charge is 0.494 e. The molecule has 2 heterocycles. The molecule has 0 spiro atoms. The van der Waals surface area contributed by atoms with Crippen LogP contribution in [0, 0.1) is 0 Å². The molecule has 0 radical (unpaired) electrons. The number of amides is 1. The molecule has 0 bridgehead atoms. The van der Waals surface area contributed by atoms with E-state index in [0.29, 0.717) is 17.9 Å². The summed E-state index contributed by atoms with van der Waals surface area (Å²) in [4.78, 5) is 12.3. The van der Waals surface area contributed by atoms with E-state index in [1.54, 1.807) is 36.2 Å². The van der Waals surface area contributed by atoms with E-state index in [1.807, 2.05) is 41.4 Å². The Morgan fingerprint density at radius 1 is 1.22 bits per heavy atom. The van der Waals surface area contributed by atoms with Gasteiger partial charge in [0.25, 0.3) is 5.91 Å². The molecule has 1 aromatic carbocycles. The predicted molar refractivity (Wildman–Crippen MR) is 86.9 cm³/mol. The van der Waals surface area contributed by atoms with Crippen LogP contribution < -0.4 is 10.1 Å². The topological polar surface area (TPSA) is 61.1 Å². The van der Waals surface area contributed by atoms with Gasteiger partial charge in [-0.25, -0.2) is 4.68 Å². The maximum Gasteiger partial charge on any atom is 0.251 e. The molecule has 23 heavy (non-hydrogen) atoms. The van der Waals surface area contributed by atoms with E-state index < -0.39 is 0 Å². The van der Waals surface area contributed by atoms with Gasteiger partial charge in [-0.1, -0.05) is 0 Å². The average molecular weight is 310 g/mol. The number of nitrogens with one attached hydrogen (secondary N) is 1. The average Bonchev–Trinajstić information content (AvgIpc) is 3.27. The second-order valence-corrected chi connectivity index (χ2v) is 5.01. The standard InChI is InChI=1S/C17H18N4O2/c1-23-16-6-5-14(13-15(16)21-11-4-7-19-21)17(22)18-8-12-20-9-2-3-10-20/h2-7,9-11,13H,8,12H2,1H3,(H,18,22). The molecule has 0 aliphatic carbocycles. The zero-order valence-corrected chi connectivity index (χ0v) is 12.8. The molecule has 0 saturated carbocycles. The molecule has 6 heteroatoms. The van der Waals surface area contributed by atoms with Crippen LogP contribution in [0.15, 0.2) is 61.2 Å². The van der Waals surface area contributed by atoms with Gasteiger partial charge in [-0.2, -0.15) is 5.10 Å². The normalized spacial score (nSPS) is 10.5. The van der Waals surface area contributed by atoms with E-state index >= 15 is 0 Å². The van der Waals surface area contributed by atoms with Crippen molar-refractivity contribution in [1.29, 1.82) is 0 Å². The number of nitrogens with zero attached hydrogens (tertiary/aromatic N) is 3. The van der Waals surface area contributed by atoms with Crippen molar-refractivity contribution in [2.75, 3.05) is 13.7 Å². The second-order valence-electron chi connectivity index (χ2n) is 5.01. The molecule has 3 rings (SSSR count). The van der Waals surface area contributed by atoms with E-state index in [9.17, 15) is 4.79 Å². The highest BCUT2D eigenvalue weighted by atomic mass is 16.5. The lowest BCUT2D eigenvalue weighted by Gasteiger charge is -2.11. The zero-order valence-electron chi connectivity index (χ0n) is 12.8. The Morgan fingerprint density at radius 3 is 2.74 bits per heavy atom. The van der Waals surface area contributed by atoms with E-state index in [1.165, 1.54) is 0 Å². The molecule has 2 aromatic heterocycles. The van der Waals surface area contributed by atoms with Gasteiger partial charge in [0, 0.05) is 43.4 Å². The smallest absolute Gasteiger partial charge is 0.251 e. The van der Waals surface area contributed by atoms with Crippen molar-refractivity contribution >= 4 is 5.91 Å². The van der Waals surface area contributed by atoms with Crippen molar-refractivity contribution in [2.45, 2.75) is 6.54 Å². The Balaban J connectivity index is 1.72. The second kappa shape index (κ2) is 6.83. The molecular formula is C17H18N4O2. The molecule has 1 N–H and O–H groups in total. The lowest BCUT2D eigenvalue weighted by atomic mass is 10.1. The molecule has 0 aliphatic rings. The number of carbonyl (C=O) groups excluding carboxylic acids is 1. The maximum absolute atomic E-state index is 12.3. The number of methoxy groups -OCH3 is 1. The Hall–Kier alpha value is -3.02. The Kier molecular flexibility index (Phi) is 4.42. The summed E-state index contributed by atoms with van der Waals surface area (Å²) >= 11 is 0. The number of hydrogen-bond acceptors (Lipinski definition) is 3. The van der Waals surface area contributed by atoms with Crippen LogP contribution >= 0.6 is 0 Å². The summed E-state index contributed by atoms with van der Waals surface area (Å²) in [6.45, 7) is 1.30.